The molecule has 1 heterocycles. The van der Waals surface area contributed by atoms with E-state index in [0.717, 1.165) is 31.5 Å². The van der Waals surface area contributed by atoms with Crippen molar-refractivity contribution in [3.05, 3.63) is 24.0 Å². The maximum atomic E-state index is 13.9. The minimum absolute atomic E-state index is 0.0500. The number of rotatable bonds is 5. The van der Waals surface area contributed by atoms with Gasteiger partial charge in [0.05, 0.1) is 18.0 Å². The van der Waals surface area contributed by atoms with Crippen molar-refractivity contribution in [1.82, 2.24) is 9.80 Å². The molecule has 3 rings (SSSR count). The lowest BCUT2D eigenvalue weighted by Gasteiger charge is -2.27. The van der Waals surface area contributed by atoms with E-state index in [1.165, 1.54) is 17.0 Å². The average molecular weight is 392 g/mol. The van der Waals surface area contributed by atoms with Crippen LogP contribution in [0, 0.1) is 11.2 Å². The van der Waals surface area contributed by atoms with E-state index in [1.54, 1.807) is 24.9 Å². The van der Waals surface area contributed by atoms with E-state index < -0.39 is 5.82 Å². The van der Waals surface area contributed by atoms with Gasteiger partial charge >= 0.3 is 6.03 Å². The number of aliphatic hydroxyl groups excluding tert-OH is 1. The van der Waals surface area contributed by atoms with E-state index in [0.29, 0.717) is 31.9 Å². The first-order valence-corrected chi connectivity index (χ1v) is 9.76. The first kappa shape index (κ1) is 20.4. The number of carbonyl (C=O) groups is 2. The normalized spacial score (nSPS) is 18.4. The highest BCUT2D eigenvalue weighted by atomic mass is 19.1. The fraction of sp³-hybridized carbons (Fsp3) is 0.600. The highest BCUT2D eigenvalue weighted by molar-refractivity contribution is 5.93. The molecule has 1 aromatic rings. The van der Waals surface area contributed by atoms with Gasteiger partial charge in [-0.05, 0) is 37.5 Å². The van der Waals surface area contributed by atoms with Crippen molar-refractivity contribution in [2.75, 3.05) is 56.6 Å². The Bertz CT molecular complexity index is 738. The molecule has 0 radical (unpaired) electrons. The Labute approximate surface area is 165 Å². The Balaban J connectivity index is 1.71. The zero-order valence-corrected chi connectivity index (χ0v) is 16.6. The van der Waals surface area contributed by atoms with E-state index in [9.17, 15) is 19.1 Å². The number of nitrogens with one attached hydrogen (secondary N) is 1. The average Bonchev–Trinajstić information content (AvgIpc) is 3.45. The highest BCUT2D eigenvalue weighted by Crippen LogP contribution is 2.45. The van der Waals surface area contributed by atoms with Crippen LogP contribution in [-0.2, 0) is 4.79 Å². The summed E-state index contributed by atoms with van der Waals surface area (Å²) in [6.45, 7) is 4.74. The van der Waals surface area contributed by atoms with Gasteiger partial charge in [0.15, 0.2) is 0 Å². The number of aliphatic hydroxyl groups is 1. The zero-order chi connectivity index (χ0) is 20.3. The van der Waals surface area contributed by atoms with E-state index >= 15 is 0 Å². The summed E-state index contributed by atoms with van der Waals surface area (Å²) >= 11 is 0. The van der Waals surface area contributed by atoms with Crippen LogP contribution in [0.2, 0.25) is 0 Å². The van der Waals surface area contributed by atoms with Gasteiger partial charge in [-0.25, -0.2) is 9.18 Å². The minimum atomic E-state index is -0.420. The highest BCUT2D eigenvalue weighted by Gasteiger charge is 2.43. The van der Waals surface area contributed by atoms with Gasteiger partial charge in [0.2, 0.25) is 5.91 Å². The van der Waals surface area contributed by atoms with Crippen LogP contribution >= 0.6 is 0 Å². The molecule has 0 unspecified atom stereocenters. The molecule has 0 aromatic heterocycles. The van der Waals surface area contributed by atoms with Crippen LogP contribution in [0.25, 0.3) is 0 Å². The molecule has 1 aliphatic carbocycles. The first-order chi connectivity index (χ1) is 13.3. The van der Waals surface area contributed by atoms with Crippen molar-refractivity contribution in [1.29, 1.82) is 0 Å². The Morgan fingerprint density at radius 2 is 2.00 bits per heavy atom. The predicted molar refractivity (Wildman–Crippen MR) is 106 cm³/mol. The van der Waals surface area contributed by atoms with Crippen LogP contribution in [-0.4, -0.2) is 73.2 Å². The molecule has 154 valence electrons. The van der Waals surface area contributed by atoms with Crippen LogP contribution in [0.1, 0.15) is 26.2 Å². The van der Waals surface area contributed by atoms with E-state index in [4.69, 9.17) is 0 Å². The topological polar surface area (TPSA) is 76.1 Å². The quantitative estimate of drug-likeness (QED) is 0.805. The second kappa shape index (κ2) is 8.34. The first-order valence-electron chi connectivity index (χ1n) is 9.76. The van der Waals surface area contributed by atoms with Crippen LogP contribution < -0.4 is 10.2 Å². The van der Waals surface area contributed by atoms with Gasteiger partial charge in [-0.1, -0.05) is 0 Å². The van der Waals surface area contributed by atoms with Crippen molar-refractivity contribution < 1.29 is 19.1 Å². The molecule has 2 fully saturated rings. The Morgan fingerprint density at radius 3 is 2.64 bits per heavy atom. The molecule has 2 N–H and O–H groups in total. The van der Waals surface area contributed by atoms with Crippen LogP contribution in [0.3, 0.4) is 0 Å². The van der Waals surface area contributed by atoms with Crippen molar-refractivity contribution in [3.63, 3.8) is 0 Å². The van der Waals surface area contributed by atoms with Gasteiger partial charge < -0.3 is 25.1 Å². The molecule has 28 heavy (non-hydrogen) atoms. The summed E-state index contributed by atoms with van der Waals surface area (Å²) in [4.78, 5) is 29.7. The molecule has 1 aliphatic heterocycles. The third-order valence-electron chi connectivity index (χ3n) is 5.69. The number of carbonyl (C=O) groups excluding carboxylic acids is 2. The summed E-state index contributed by atoms with van der Waals surface area (Å²) in [6.07, 6.45) is 2.63. The smallest absolute Gasteiger partial charge is 0.321 e. The van der Waals surface area contributed by atoms with Gasteiger partial charge in [-0.3, -0.25) is 4.79 Å². The summed E-state index contributed by atoms with van der Waals surface area (Å²) in [6, 6.07) is 4.05. The van der Waals surface area contributed by atoms with Gasteiger partial charge in [0.25, 0.3) is 0 Å². The van der Waals surface area contributed by atoms with E-state index in [-0.39, 0.29) is 24.0 Å². The third-order valence-corrected chi connectivity index (χ3v) is 5.69. The number of benzene rings is 1. The van der Waals surface area contributed by atoms with Gasteiger partial charge in [-0.2, -0.15) is 0 Å². The molecule has 2 aliphatic rings. The summed E-state index contributed by atoms with van der Waals surface area (Å²) in [5, 5.41) is 12.3. The lowest BCUT2D eigenvalue weighted by molar-refractivity contribution is -0.128. The van der Waals surface area contributed by atoms with Crippen LogP contribution in [0.5, 0.6) is 0 Å². The number of hydrogen-bond donors (Lipinski definition) is 2. The molecule has 0 spiro atoms. The Hall–Kier alpha value is -2.35. The van der Waals surface area contributed by atoms with Crippen molar-refractivity contribution in [3.8, 4) is 0 Å². The van der Waals surface area contributed by atoms with Crippen molar-refractivity contribution in [2.45, 2.75) is 26.2 Å². The predicted octanol–water partition coefficient (Wildman–Crippen LogP) is 2.12. The molecule has 8 heteroatoms. The Kier molecular flexibility index (Phi) is 6.07. The van der Waals surface area contributed by atoms with Crippen molar-refractivity contribution in [2.24, 2.45) is 5.41 Å². The van der Waals surface area contributed by atoms with Gasteiger partial charge in [-0.15, -0.1) is 0 Å². The summed E-state index contributed by atoms with van der Waals surface area (Å²) in [7, 11) is 1.68. The molecular weight excluding hydrogens is 363 g/mol. The molecule has 3 amide bonds. The maximum Gasteiger partial charge on any atom is 0.321 e. The van der Waals surface area contributed by atoms with Gasteiger partial charge in [0.1, 0.15) is 5.82 Å². The third kappa shape index (κ3) is 4.73. The van der Waals surface area contributed by atoms with E-state index in [2.05, 4.69) is 10.2 Å². The fourth-order valence-electron chi connectivity index (χ4n) is 3.69. The number of anilines is 2. The molecule has 1 aromatic carbocycles. The lowest BCUT2D eigenvalue weighted by atomic mass is 10.1. The summed E-state index contributed by atoms with van der Waals surface area (Å²) in [5.41, 5.74) is 0.983. The van der Waals surface area contributed by atoms with Crippen molar-refractivity contribution >= 4 is 23.3 Å². The Morgan fingerprint density at radius 1 is 1.25 bits per heavy atom. The molecule has 1 saturated carbocycles. The SMILES string of the molecule is CC(=O)N1CCCN(c2ccc(F)cc2NC(=O)N(C)CC2(CO)CC2)CC1. The number of hydrogen-bond acceptors (Lipinski definition) is 4. The fourth-order valence-corrected chi connectivity index (χ4v) is 3.69. The standard InChI is InChI=1S/C20H29FN4O3/c1-15(27)24-8-3-9-25(11-10-24)18-5-4-16(21)12-17(18)22-19(28)23(2)13-20(14-26)6-7-20/h4-5,12,26H,3,6-11,13-14H2,1-2H3,(H,22,28). The summed E-state index contributed by atoms with van der Waals surface area (Å²) < 4.78 is 13.9. The second-order valence-electron chi connectivity index (χ2n) is 7.95. The molecule has 0 bridgehead atoms. The largest absolute Gasteiger partial charge is 0.396 e. The summed E-state index contributed by atoms with van der Waals surface area (Å²) in [5.74, 6) is -0.370. The monoisotopic (exact) mass is 392 g/mol. The number of amides is 3. The molecule has 1 saturated heterocycles. The number of nitrogens with zero attached hydrogens (tertiary/aromatic N) is 3. The molecular formula is C20H29FN4O3. The number of urea groups is 1. The van der Waals surface area contributed by atoms with Crippen LogP contribution in [0.15, 0.2) is 18.2 Å². The molecule has 0 atom stereocenters. The lowest BCUT2D eigenvalue weighted by Crippen LogP contribution is -2.38. The zero-order valence-electron chi connectivity index (χ0n) is 16.6. The van der Waals surface area contributed by atoms with Crippen LogP contribution in [0.4, 0.5) is 20.6 Å². The minimum Gasteiger partial charge on any atom is -0.396 e. The van der Waals surface area contributed by atoms with Gasteiger partial charge in [0, 0.05) is 52.1 Å². The molecule has 7 nitrogen and oxygen atoms in total. The second-order valence-corrected chi connectivity index (χ2v) is 7.95. The maximum absolute atomic E-state index is 13.9. The van der Waals surface area contributed by atoms with E-state index in [1.807, 2.05) is 0 Å². The number of halogens is 1.